The van der Waals surface area contributed by atoms with Crippen LogP contribution in [-0.4, -0.2) is 52.6 Å². The van der Waals surface area contributed by atoms with Crippen molar-refractivity contribution in [1.82, 2.24) is 9.80 Å². The number of nitrogens with zero attached hydrogens (tertiary/aromatic N) is 2. The van der Waals surface area contributed by atoms with Crippen molar-refractivity contribution < 1.29 is 14.7 Å². The number of terminal acetylenes is 1. The van der Waals surface area contributed by atoms with Crippen molar-refractivity contribution in [3.8, 4) is 12.3 Å². The Morgan fingerprint density at radius 1 is 1.39 bits per heavy atom. The number of carbonyl (C=O) groups is 2. The summed E-state index contributed by atoms with van der Waals surface area (Å²) >= 11 is 0. The molecule has 0 bridgehead atoms. The second kappa shape index (κ2) is 8.40. The minimum atomic E-state index is -0.845. The quantitative estimate of drug-likeness (QED) is 0.702. The van der Waals surface area contributed by atoms with Crippen molar-refractivity contribution in [2.45, 2.75) is 39.7 Å². The van der Waals surface area contributed by atoms with Gasteiger partial charge in [0.1, 0.15) is 0 Å². The van der Waals surface area contributed by atoms with E-state index < -0.39 is 5.97 Å². The summed E-state index contributed by atoms with van der Waals surface area (Å²) in [6.45, 7) is 6.93. The molecule has 0 saturated carbocycles. The average molecular weight is 254 g/mol. The topological polar surface area (TPSA) is 60.9 Å². The minimum absolute atomic E-state index is 0.0260. The van der Waals surface area contributed by atoms with Crippen LogP contribution in [0.4, 0.5) is 4.79 Å². The first kappa shape index (κ1) is 16.3. The third-order valence-corrected chi connectivity index (χ3v) is 2.59. The Morgan fingerprint density at radius 2 is 2.00 bits per heavy atom. The summed E-state index contributed by atoms with van der Waals surface area (Å²) in [6, 6.07) is -0.103. The van der Waals surface area contributed by atoms with Crippen LogP contribution in [-0.2, 0) is 4.79 Å². The van der Waals surface area contributed by atoms with Gasteiger partial charge in [0, 0.05) is 25.6 Å². The van der Waals surface area contributed by atoms with Crippen molar-refractivity contribution in [2.24, 2.45) is 0 Å². The minimum Gasteiger partial charge on any atom is -0.481 e. The van der Waals surface area contributed by atoms with E-state index in [0.29, 0.717) is 19.5 Å². The van der Waals surface area contributed by atoms with Crippen LogP contribution < -0.4 is 0 Å². The average Bonchev–Trinajstić information content (AvgIpc) is 2.30. The summed E-state index contributed by atoms with van der Waals surface area (Å²) in [4.78, 5) is 25.9. The molecule has 0 aromatic carbocycles. The maximum absolute atomic E-state index is 12.2. The van der Waals surface area contributed by atoms with E-state index in [9.17, 15) is 9.59 Å². The van der Waals surface area contributed by atoms with Gasteiger partial charge in [-0.15, -0.1) is 6.42 Å². The fourth-order valence-corrected chi connectivity index (χ4v) is 1.58. The number of carboxylic acid groups (broad SMARTS) is 1. The van der Waals surface area contributed by atoms with E-state index in [1.807, 2.05) is 20.8 Å². The molecule has 0 heterocycles. The van der Waals surface area contributed by atoms with Crippen LogP contribution in [0.15, 0.2) is 0 Å². The predicted octanol–water partition coefficient (Wildman–Crippen LogP) is 1.64. The van der Waals surface area contributed by atoms with Gasteiger partial charge in [0.2, 0.25) is 0 Å². The molecular weight excluding hydrogens is 232 g/mol. The van der Waals surface area contributed by atoms with E-state index in [1.54, 1.807) is 9.80 Å². The number of amides is 2. The van der Waals surface area contributed by atoms with Crippen LogP contribution in [0.25, 0.3) is 0 Å². The van der Waals surface area contributed by atoms with Crippen LogP contribution in [0.5, 0.6) is 0 Å². The Morgan fingerprint density at radius 3 is 2.39 bits per heavy atom. The molecule has 18 heavy (non-hydrogen) atoms. The smallest absolute Gasteiger partial charge is 0.321 e. The van der Waals surface area contributed by atoms with Crippen molar-refractivity contribution in [2.75, 3.05) is 19.6 Å². The van der Waals surface area contributed by atoms with Crippen molar-refractivity contribution >= 4 is 12.0 Å². The summed E-state index contributed by atoms with van der Waals surface area (Å²) in [6.07, 6.45) is 5.74. The van der Waals surface area contributed by atoms with Gasteiger partial charge < -0.3 is 14.9 Å². The first-order valence-corrected chi connectivity index (χ1v) is 6.14. The Balaban J connectivity index is 4.53. The zero-order valence-electron chi connectivity index (χ0n) is 11.3. The first-order chi connectivity index (χ1) is 8.43. The van der Waals surface area contributed by atoms with Crippen LogP contribution >= 0.6 is 0 Å². The van der Waals surface area contributed by atoms with E-state index in [4.69, 9.17) is 11.5 Å². The first-order valence-electron chi connectivity index (χ1n) is 6.14. The molecule has 2 amide bonds. The normalized spacial score (nSPS) is 9.94. The standard InChI is InChI=1S/C13H22N2O3/c1-5-9-14(6-2)13(18)15(11(3)4)10-7-8-12(16)17/h1,11H,6-10H2,2-4H3,(H,16,17). The maximum Gasteiger partial charge on any atom is 0.321 e. The number of aliphatic carboxylic acids is 1. The van der Waals surface area contributed by atoms with Crippen LogP contribution in [0.2, 0.25) is 0 Å². The van der Waals surface area contributed by atoms with Gasteiger partial charge in [-0.3, -0.25) is 4.79 Å². The summed E-state index contributed by atoms with van der Waals surface area (Å²) < 4.78 is 0. The highest BCUT2D eigenvalue weighted by Gasteiger charge is 2.21. The molecule has 0 rings (SSSR count). The Hall–Kier alpha value is -1.70. The molecule has 0 aromatic rings. The molecule has 0 spiro atoms. The number of urea groups is 1. The van der Waals surface area contributed by atoms with E-state index in [0.717, 1.165) is 0 Å². The summed E-state index contributed by atoms with van der Waals surface area (Å²) in [7, 11) is 0. The zero-order valence-corrected chi connectivity index (χ0v) is 11.3. The SMILES string of the molecule is C#CCN(CC)C(=O)N(CCCC(=O)O)C(C)C. The predicted molar refractivity (Wildman–Crippen MR) is 70.2 cm³/mol. The second-order valence-electron chi connectivity index (χ2n) is 4.29. The molecule has 0 radical (unpaired) electrons. The van der Waals surface area contributed by atoms with Crippen molar-refractivity contribution in [3.63, 3.8) is 0 Å². The molecule has 1 N–H and O–H groups in total. The molecule has 0 saturated heterocycles. The molecule has 0 unspecified atom stereocenters. The number of carboxylic acids is 1. The monoisotopic (exact) mass is 254 g/mol. The Bertz CT molecular complexity index is 321. The number of rotatable bonds is 7. The Labute approximate surface area is 109 Å². The number of hydrogen-bond donors (Lipinski definition) is 1. The summed E-state index contributed by atoms with van der Waals surface area (Å²) in [5.41, 5.74) is 0. The van der Waals surface area contributed by atoms with Gasteiger partial charge in [-0.2, -0.15) is 0 Å². The van der Waals surface area contributed by atoms with Crippen LogP contribution in [0.3, 0.4) is 0 Å². The van der Waals surface area contributed by atoms with Gasteiger partial charge in [-0.1, -0.05) is 5.92 Å². The molecular formula is C13H22N2O3. The molecule has 0 fully saturated rings. The van der Waals surface area contributed by atoms with Crippen molar-refractivity contribution in [3.05, 3.63) is 0 Å². The molecule has 0 aliphatic rings. The number of carbonyl (C=O) groups excluding carboxylic acids is 1. The molecule has 0 aliphatic carbocycles. The second-order valence-corrected chi connectivity index (χ2v) is 4.29. The summed E-state index contributed by atoms with van der Waals surface area (Å²) in [5.74, 6) is 1.61. The van der Waals surface area contributed by atoms with Gasteiger partial charge in [0.15, 0.2) is 0 Å². The van der Waals surface area contributed by atoms with Gasteiger partial charge in [-0.25, -0.2) is 4.79 Å². The largest absolute Gasteiger partial charge is 0.481 e. The Kier molecular flexibility index (Phi) is 7.61. The summed E-state index contributed by atoms with van der Waals surface area (Å²) in [5, 5.41) is 8.60. The molecule has 102 valence electrons. The van der Waals surface area contributed by atoms with Gasteiger partial charge in [0.05, 0.1) is 6.54 Å². The van der Waals surface area contributed by atoms with E-state index >= 15 is 0 Å². The molecule has 0 aliphatic heterocycles. The highest BCUT2D eigenvalue weighted by atomic mass is 16.4. The van der Waals surface area contributed by atoms with E-state index in [2.05, 4.69) is 5.92 Å². The van der Waals surface area contributed by atoms with Gasteiger partial charge >= 0.3 is 12.0 Å². The molecule has 5 nitrogen and oxygen atoms in total. The fraction of sp³-hybridized carbons (Fsp3) is 0.692. The third kappa shape index (κ3) is 5.58. The number of hydrogen-bond acceptors (Lipinski definition) is 2. The molecule has 5 heteroatoms. The van der Waals surface area contributed by atoms with Crippen LogP contribution in [0, 0.1) is 12.3 Å². The van der Waals surface area contributed by atoms with Gasteiger partial charge in [-0.05, 0) is 27.2 Å². The highest BCUT2D eigenvalue weighted by molar-refractivity contribution is 5.75. The van der Waals surface area contributed by atoms with Crippen molar-refractivity contribution in [1.29, 1.82) is 0 Å². The zero-order chi connectivity index (χ0) is 14.1. The van der Waals surface area contributed by atoms with Crippen LogP contribution in [0.1, 0.15) is 33.6 Å². The highest BCUT2D eigenvalue weighted by Crippen LogP contribution is 2.07. The van der Waals surface area contributed by atoms with E-state index in [-0.39, 0.29) is 25.0 Å². The van der Waals surface area contributed by atoms with E-state index in [1.165, 1.54) is 0 Å². The lowest BCUT2D eigenvalue weighted by Gasteiger charge is -2.31. The van der Waals surface area contributed by atoms with Gasteiger partial charge in [0.25, 0.3) is 0 Å². The lowest BCUT2D eigenvalue weighted by Crippen LogP contribution is -2.47. The molecule has 0 aromatic heterocycles. The molecule has 0 atom stereocenters. The lowest BCUT2D eigenvalue weighted by atomic mass is 10.2. The third-order valence-electron chi connectivity index (χ3n) is 2.59. The lowest BCUT2D eigenvalue weighted by molar-refractivity contribution is -0.137. The fourth-order valence-electron chi connectivity index (χ4n) is 1.58. The maximum atomic E-state index is 12.2.